The molecule has 2 unspecified atom stereocenters. The van der Waals surface area contributed by atoms with E-state index in [4.69, 9.17) is 0 Å². The van der Waals surface area contributed by atoms with Crippen LogP contribution in [0, 0.1) is 56.3 Å². The number of benzene rings is 7. The summed E-state index contributed by atoms with van der Waals surface area (Å²) in [5, 5.41) is 21.8. The molecule has 4 nitrogen and oxygen atoms in total. The second-order valence-electron chi connectivity index (χ2n) is 18.8. The molecular weight excluding hydrogens is 753 g/mol. The minimum atomic E-state index is -0.258. The largest absolute Gasteiger partial charge is 0.310 e. The molecule has 2 atom stereocenters. The van der Waals surface area contributed by atoms with E-state index in [1.54, 1.807) is 0 Å². The van der Waals surface area contributed by atoms with E-state index in [-0.39, 0.29) is 22.7 Å². The Hall–Kier alpha value is -7.14. The second kappa shape index (κ2) is 14.2. The minimum Gasteiger partial charge on any atom is -0.310 e. The fourth-order valence-electron chi connectivity index (χ4n) is 10.9. The molecule has 302 valence electrons. The molecule has 7 aromatic carbocycles. The molecule has 62 heavy (non-hydrogen) atoms. The molecule has 0 spiro atoms. The van der Waals surface area contributed by atoms with Gasteiger partial charge < -0.3 is 9.80 Å². The van der Waals surface area contributed by atoms with Gasteiger partial charge in [-0.25, -0.2) is 0 Å². The molecule has 3 aliphatic carbocycles. The van der Waals surface area contributed by atoms with Crippen LogP contribution in [0.2, 0.25) is 0 Å². The van der Waals surface area contributed by atoms with Gasteiger partial charge in [-0.05, 0) is 168 Å². The molecule has 0 saturated carbocycles. The standard InChI is InChI=1S/C58H50N4/c1-35-13-25-53(37(3)27-35)61(41-19-15-39(33-59)16-20-41)43-23-24-44-47-30-51-48(31-50(47)57(5,6)49(44)29-43)56-46-12-10-9-11-45(46)55(32-52(56)58(51,7)8)62(42-21-17-40(34-60)18-22-42)54-26-14-36(2)28-38(54)4/h9-32,47,50H,1-8H3. The van der Waals surface area contributed by atoms with Gasteiger partial charge in [0.05, 0.1) is 29.0 Å². The molecule has 0 amide bonds. The van der Waals surface area contributed by atoms with Crippen molar-refractivity contribution >= 4 is 50.5 Å². The monoisotopic (exact) mass is 802 g/mol. The summed E-state index contributed by atoms with van der Waals surface area (Å²) >= 11 is 0. The predicted octanol–water partition coefficient (Wildman–Crippen LogP) is 15.1. The van der Waals surface area contributed by atoms with Crippen LogP contribution in [-0.4, -0.2) is 0 Å². The van der Waals surface area contributed by atoms with E-state index in [0.29, 0.717) is 11.1 Å². The van der Waals surface area contributed by atoms with Gasteiger partial charge in [0.15, 0.2) is 0 Å². The third-order valence-electron chi connectivity index (χ3n) is 14.1. The van der Waals surface area contributed by atoms with E-state index in [9.17, 15) is 10.5 Å². The molecular formula is C58H50N4. The van der Waals surface area contributed by atoms with Crippen molar-refractivity contribution in [2.45, 2.75) is 72.1 Å². The zero-order valence-electron chi connectivity index (χ0n) is 36.8. The Labute approximate surface area is 366 Å². The van der Waals surface area contributed by atoms with Crippen LogP contribution in [0.5, 0.6) is 0 Å². The van der Waals surface area contributed by atoms with Crippen LogP contribution >= 0.6 is 0 Å². The lowest BCUT2D eigenvalue weighted by Crippen LogP contribution is -2.27. The van der Waals surface area contributed by atoms with E-state index in [0.717, 1.165) is 34.1 Å². The molecule has 0 fully saturated rings. The topological polar surface area (TPSA) is 54.1 Å². The highest BCUT2D eigenvalue weighted by atomic mass is 15.2. The number of rotatable bonds is 6. The van der Waals surface area contributed by atoms with Gasteiger partial charge in [0.25, 0.3) is 0 Å². The average Bonchev–Trinajstić information content (AvgIpc) is 3.63. The Balaban J connectivity index is 1.12. The van der Waals surface area contributed by atoms with Crippen molar-refractivity contribution in [2.24, 2.45) is 5.92 Å². The van der Waals surface area contributed by atoms with Gasteiger partial charge in [-0.15, -0.1) is 0 Å². The summed E-state index contributed by atoms with van der Waals surface area (Å²) in [6.07, 6.45) is 5.25. The summed E-state index contributed by atoms with van der Waals surface area (Å²) in [6.45, 7) is 18.3. The quantitative estimate of drug-likeness (QED) is 0.168. The van der Waals surface area contributed by atoms with Crippen LogP contribution < -0.4 is 9.80 Å². The van der Waals surface area contributed by atoms with Crippen molar-refractivity contribution < 1.29 is 0 Å². The lowest BCUT2D eigenvalue weighted by molar-refractivity contribution is 0.393. The second-order valence-corrected chi connectivity index (χ2v) is 18.8. The smallest absolute Gasteiger partial charge is 0.0991 e. The molecule has 0 heterocycles. The Morgan fingerprint density at radius 3 is 1.65 bits per heavy atom. The molecule has 0 aliphatic heterocycles. The van der Waals surface area contributed by atoms with E-state index in [1.807, 2.05) is 24.3 Å². The first-order valence-corrected chi connectivity index (χ1v) is 21.7. The first kappa shape index (κ1) is 39.0. The van der Waals surface area contributed by atoms with E-state index in [1.165, 1.54) is 66.4 Å². The summed E-state index contributed by atoms with van der Waals surface area (Å²) in [5.41, 5.74) is 20.5. The maximum Gasteiger partial charge on any atom is 0.0991 e. The summed E-state index contributed by atoms with van der Waals surface area (Å²) < 4.78 is 0. The molecule has 0 N–H and O–H groups in total. The van der Waals surface area contributed by atoms with Gasteiger partial charge >= 0.3 is 0 Å². The third-order valence-corrected chi connectivity index (χ3v) is 14.1. The summed E-state index contributed by atoms with van der Waals surface area (Å²) in [6, 6.07) is 52.4. The number of hydrogen-bond acceptors (Lipinski definition) is 4. The maximum absolute atomic E-state index is 9.70. The molecule has 7 aromatic rings. The van der Waals surface area contributed by atoms with Gasteiger partial charge in [0.2, 0.25) is 0 Å². The fourth-order valence-corrected chi connectivity index (χ4v) is 10.9. The average molecular weight is 803 g/mol. The van der Waals surface area contributed by atoms with Crippen molar-refractivity contribution in [3.8, 4) is 12.1 Å². The lowest BCUT2D eigenvalue weighted by Gasteiger charge is -2.34. The van der Waals surface area contributed by atoms with Gasteiger partial charge in [-0.2, -0.15) is 10.5 Å². The van der Waals surface area contributed by atoms with Gasteiger partial charge in [0, 0.05) is 45.2 Å². The number of allylic oxidation sites excluding steroid dienone is 4. The normalized spacial score (nSPS) is 17.5. The van der Waals surface area contributed by atoms with E-state index in [2.05, 4.69) is 199 Å². The predicted molar refractivity (Wildman–Crippen MR) is 256 cm³/mol. The number of fused-ring (bicyclic) bond motifs is 8. The van der Waals surface area contributed by atoms with Gasteiger partial charge in [-0.3, -0.25) is 0 Å². The number of aryl methyl sites for hydroxylation is 4. The van der Waals surface area contributed by atoms with Crippen molar-refractivity contribution in [1.82, 2.24) is 0 Å². The number of nitrogens with zero attached hydrogens (tertiary/aromatic N) is 4. The third kappa shape index (κ3) is 5.93. The maximum atomic E-state index is 9.70. The Bertz CT molecular complexity index is 3150. The van der Waals surface area contributed by atoms with Gasteiger partial charge in [0.1, 0.15) is 0 Å². The Morgan fingerprint density at radius 2 is 1.06 bits per heavy atom. The first-order valence-electron chi connectivity index (χ1n) is 21.7. The van der Waals surface area contributed by atoms with E-state index >= 15 is 0 Å². The molecule has 0 saturated heterocycles. The lowest BCUT2D eigenvalue weighted by atomic mass is 9.70. The van der Waals surface area contributed by atoms with Crippen LogP contribution in [0.25, 0.3) is 16.3 Å². The van der Waals surface area contributed by atoms with Crippen molar-refractivity contribution in [3.63, 3.8) is 0 Å². The minimum absolute atomic E-state index is 0.151. The number of anilines is 6. The number of nitriles is 2. The van der Waals surface area contributed by atoms with Crippen LogP contribution in [0.1, 0.15) is 89.2 Å². The molecule has 4 heteroatoms. The van der Waals surface area contributed by atoms with Gasteiger partial charge in [-0.1, -0.05) is 106 Å². The molecule has 0 bridgehead atoms. The number of hydrogen-bond donors (Lipinski definition) is 0. The fraction of sp³-hybridized carbons (Fsp3) is 0.207. The summed E-state index contributed by atoms with van der Waals surface area (Å²) in [7, 11) is 0. The molecule has 10 rings (SSSR count). The molecule has 0 radical (unpaired) electrons. The Morgan fingerprint density at radius 1 is 0.516 bits per heavy atom. The van der Waals surface area contributed by atoms with Crippen LogP contribution in [-0.2, 0) is 10.8 Å². The Kier molecular flexibility index (Phi) is 8.95. The zero-order valence-corrected chi connectivity index (χ0v) is 36.8. The molecule has 3 aliphatic rings. The first-order chi connectivity index (χ1) is 29.8. The van der Waals surface area contributed by atoms with Crippen LogP contribution in [0.3, 0.4) is 0 Å². The van der Waals surface area contributed by atoms with Crippen LogP contribution in [0.4, 0.5) is 34.1 Å². The van der Waals surface area contributed by atoms with E-state index < -0.39 is 0 Å². The zero-order chi connectivity index (χ0) is 43.2. The highest BCUT2D eigenvalue weighted by molar-refractivity contribution is 6.10. The SMILES string of the molecule is Cc1ccc(N(c2ccc(C#N)cc2)c2ccc3c(c2)C(C)(C)C2C=C4C(=CC32)C(C)(C)c2cc(N(c3ccc(C#N)cc3)c3ccc(C)cc3C)c3ccccc3c24)c(C)c1. The summed E-state index contributed by atoms with van der Waals surface area (Å²) in [4.78, 5) is 4.74. The highest BCUT2D eigenvalue weighted by Gasteiger charge is 2.50. The van der Waals surface area contributed by atoms with Crippen LogP contribution in [0.15, 0.2) is 151 Å². The van der Waals surface area contributed by atoms with Crippen molar-refractivity contribution in [1.29, 1.82) is 10.5 Å². The highest BCUT2D eigenvalue weighted by Crippen LogP contribution is 2.63. The molecule has 0 aromatic heterocycles. The van der Waals surface area contributed by atoms with Crippen molar-refractivity contribution in [3.05, 3.63) is 207 Å². The summed E-state index contributed by atoms with van der Waals surface area (Å²) in [5.74, 6) is 0.503. The van der Waals surface area contributed by atoms with Crippen molar-refractivity contribution in [2.75, 3.05) is 9.80 Å².